The minimum atomic E-state index is -0.333. The lowest BCUT2D eigenvalue weighted by Crippen LogP contribution is -2.32. The van der Waals surface area contributed by atoms with Gasteiger partial charge in [-0.05, 0) is 48.9 Å². The molecule has 0 unspecified atom stereocenters. The van der Waals surface area contributed by atoms with E-state index in [2.05, 4.69) is 26.0 Å². The molecule has 2 aromatic heterocycles. The smallest absolute Gasteiger partial charge is 0.291 e. The van der Waals surface area contributed by atoms with Crippen molar-refractivity contribution < 1.29 is 9.53 Å². The van der Waals surface area contributed by atoms with Crippen LogP contribution in [0.1, 0.15) is 18.9 Å². The van der Waals surface area contributed by atoms with Gasteiger partial charge in [-0.1, -0.05) is 34.2 Å². The number of ether oxygens (including phenoxy) is 1. The average Bonchev–Trinajstić information content (AvgIpc) is 3.40. The molecule has 1 amide bonds. The van der Waals surface area contributed by atoms with Crippen LogP contribution in [0, 0.1) is 0 Å². The van der Waals surface area contributed by atoms with Crippen molar-refractivity contribution in [2.24, 2.45) is 0 Å². The normalized spacial score (nSPS) is 15.1. The number of thiazole rings is 1. The van der Waals surface area contributed by atoms with Gasteiger partial charge in [0.2, 0.25) is 4.96 Å². The zero-order valence-corrected chi connectivity index (χ0v) is 19.2. The van der Waals surface area contributed by atoms with E-state index in [9.17, 15) is 9.59 Å². The number of halogens is 1. The second kappa shape index (κ2) is 7.58. The highest BCUT2D eigenvalue weighted by molar-refractivity contribution is 9.10. The van der Waals surface area contributed by atoms with E-state index >= 15 is 0 Å². The molecule has 4 aromatic rings. The molecular weight excluding hydrogens is 480 g/mol. The molecule has 0 saturated carbocycles. The number of methoxy groups -OCH3 is 1. The van der Waals surface area contributed by atoms with Crippen LogP contribution in [-0.4, -0.2) is 34.2 Å². The van der Waals surface area contributed by atoms with Gasteiger partial charge < -0.3 is 9.64 Å². The van der Waals surface area contributed by atoms with Gasteiger partial charge in [0.25, 0.3) is 11.5 Å². The molecule has 1 aliphatic heterocycles. The largest absolute Gasteiger partial charge is 0.497 e. The zero-order chi connectivity index (χ0) is 21.7. The van der Waals surface area contributed by atoms with Gasteiger partial charge in [0.15, 0.2) is 5.82 Å². The Morgan fingerprint density at radius 3 is 2.58 bits per heavy atom. The predicted octanol–water partition coefficient (Wildman–Crippen LogP) is 3.26. The third-order valence-electron chi connectivity index (χ3n) is 5.16. The number of anilines is 1. The molecular formula is C22H17BrN4O3S. The Balaban J connectivity index is 1.69. The summed E-state index contributed by atoms with van der Waals surface area (Å²) in [6.07, 6.45) is 0.819. The molecule has 0 bridgehead atoms. The molecule has 9 heteroatoms. The van der Waals surface area contributed by atoms with Gasteiger partial charge in [0.1, 0.15) is 10.3 Å². The lowest BCUT2D eigenvalue weighted by Gasteiger charge is -2.15. The maximum absolute atomic E-state index is 13.2. The van der Waals surface area contributed by atoms with Gasteiger partial charge in [-0.3, -0.25) is 9.59 Å². The van der Waals surface area contributed by atoms with Crippen molar-refractivity contribution in [1.29, 1.82) is 0 Å². The Hall–Kier alpha value is -3.04. The maximum Gasteiger partial charge on any atom is 0.291 e. The third kappa shape index (κ3) is 3.16. The predicted molar refractivity (Wildman–Crippen MR) is 124 cm³/mol. The molecule has 0 fully saturated rings. The number of nitrogens with zero attached hydrogens (tertiary/aromatic N) is 4. The van der Waals surface area contributed by atoms with Crippen molar-refractivity contribution >= 4 is 49.4 Å². The van der Waals surface area contributed by atoms with Crippen LogP contribution in [0.3, 0.4) is 0 Å². The number of carbonyl (C=O) groups excluding carboxylic acids is 1. The number of hydrogen-bond donors (Lipinski definition) is 0. The molecule has 0 N–H and O–H groups in total. The van der Waals surface area contributed by atoms with Crippen LogP contribution in [0.25, 0.3) is 21.9 Å². The fourth-order valence-electron chi connectivity index (χ4n) is 3.72. The molecule has 3 heterocycles. The van der Waals surface area contributed by atoms with Crippen molar-refractivity contribution in [2.75, 3.05) is 18.6 Å². The quantitative estimate of drug-likeness (QED) is 0.433. The van der Waals surface area contributed by atoms with Crippen molar-refractivity contribution in [1.82, 2.24) is 14.6 Å². The Morgan fingerprint density at radius 1 is 1.13 bits per heavy atom. The second-order valence-corrected chi connectivity index (χ2v) is 8.98. The number of aromatic nitrogens is 3. The summed E-state index contributed by atoms with van der Waals surface area (Å²) in [5, 5.41) is 4.40. The van der Waals surface area contributed by atoms with E-state index in [1.165, 1.54) is 15.9 Å². The number of carbonyl (C=O) groups is 1. The number of benzene rings is 2. The summed E-state index contributed by atoms with van der Waals surface area (Å²) in [6, 6.07) is 13.0. The number of amides is 1. The minimum absolute atomic E-state index is 0.160. The molecule has 0 atom stereocenters. The van der Waals surface area contributed by atoms with Gasteiger partial charge in [-0.2, -0.15) is 9.50 Å². The summed E-state index contributed by atoms with van der Waals surface area (Å²) >= 11 is 4.67. The summed E-state index contributed by atoms with van der Waals surface area (Å²) in [7, 11) is 1.60. The first-order chi connectivity index (χ1) is 15.0. The summed E-state index contributed by atoms with van der Waals surface area (Å²) in [4.78, 5) is 33.2. The zero-order valence-electron chi connectivity index (χ0n) is 16.8. The van der Waals surface area contributed by atoms with Gasteiger partial charge >= 0.3 is 0 Å². The Kier molecular flexibility index (Phi) is 4.86. The van der Waals surface area contributed by atoms with E-state index in [0.29, 0.717) is 27.4 Å². The molecule has 0 aliphatic carbocycles. The van der Waals surface area contributed by atoms with Gasteiger partial charge in [0.05, 0.1) is 18.4 Å². The fourth-order valence-corrected chi connectivity index (χ4v) is 5.08. The topological polar surface area (TPSA) is 76.8 Å². The first-order valence-corrected chi connectivity index (χ1v) is 11.3. The van der Waals surface area contributed by atoms with Crippen LogP contribution in [-0.2, 0) is 4.79 Å². The van der Waals surface area contributed by atoms with Crippen LogP contribution in [0.2, 0.25) is 0 Å². The Labute approximate surface area is 189 Å². The molecule has 7 nitrogen and oxygen atoms in total. The van der Waals surface area contributed by atoms with E-state index in [1.807, 2.05) is 49.4 Å². The molecule has 2 aromatic carbocycles. The highest BCUT2D eigenvalue weighted by Crippen LogP contribution is 2.37. The molecule has 0 spiro atoms. The van der Waals surface area contributed by atoms with E-state index in [0.717, 1.165) is 33.5 Å². The van der Waals surface area contributed by atoms with Crippen LogP contribution < -0.4 is 19.7 Å². The monoisotopic (exact) mass is 496 g/mol. The molecule has 1 aliphatic rings. The van der Waals surface area contributed by atoms with Crippen molar-refractivity contribution in [2.45, 2.75) is 13.3 Å². The van der Waals surface area contributed by atoms with E-state index in [-0.39, 0.29) is 11.5 Å². The third-order valence-corrected chi connectivity index (χ3v) is 6.68. The Bertz CT molecular complexity index is 1440. The molecule has 5 rings (SSSR count). The average molecular weight is 497 g/mol. The molecule has 0 saturated heterocycles. The van der Waals surface area contributed by atoms with Crippen LogP contribution in [0.4, 0.5) is 5.69 Å². The standard InChI is InChI=1S/C22H17BrN4O3S/c1-3-10-26-16-9-6-13(23)11-15(16)17(20(26)28)18-21(29)27-22(31-18)24-19(25-27)12-4-7-14(30-2)8-5-12/h4-9,11H,3,10H2,1-2H3. The number of fused-ring (bicyclic) bond motifs is 2. The number of rotatable bonds is 4. The lowest BCUT2D eigenvalue weighted by molar-refractivity contribution is -0.113. The number of hydrogen-bond acceptors (Lipinski definition) is 6. The van der Waals surface area contributed by atoms with E-state index in [1.54, 1.807) is 12.0 Å². The summed E-state index contributed by atoms with van der Waals surface area (Å²) < 4.78 is 7.67. The van der Waals surface area contributed by atoms with Crippen molar-refractivity contribution in [3.63, 3.8) is 0 Å². The van der Waals surface area contributed by atoms with Crippen LogP contribution in [0.5, 0.6) is 5.75 Å². The van der Waals surface area contributed by atoms with Crippen LogP contribution >= 0.6 is 27.3 Å². The second-order valence-electron chi connectivity index (χ2n) is 7.09. The molecule has 31 heavy (non-hydrogen) atoms. The fraction of sp³-hybridized carbons (Fsp3) is 0.182. The first-order valence-electron chi connectivity index (χ1n) is 9.72. The highest BCUT2D eigenvalue weighted by Gasteiger charge is 2.34. The van der Waals surface area contributed by atoms with Gasteiger partial charge in [-0.15, -0.1) is 5.10 Å². The lowest BCUT2D eigenvalue weighted by atomic mass is 10.1. The minimum Gasteiger partial charge on any atom is -0.497 e. The molecule has 156 valence electrons. The maximum atomic E-state index is 13.2. The van der Waals surface area contributed by atoms with Crippen molar-refractivity contribution in [3.8, 4) is 17.1 Å². The SMILES string of the molecule is CCCN1C(=O)C(=c2sc3nc(-c4ccc(OC)cc4)nn3c2=O)c2cc(Br)ccc21. The first kappa shape index (κ1) is 19.9. The summed E-state index contributed by atoms with van der Waals surface area (Å²) in [5.41, 5.74) is 2.44. The van der Waals surface area contributed by atoms with Crippen molar-refractivity contribution in [3.05, 3.63) is 67.4 Å². The summed E-state index contributed by atoms with van der Waals surface area (Å²) in [5.74, 6) is 1.03. The Morgan fingerprint density at radius 2 is 1.90 bits per heavy atom. The van der Waals surface area contributed by atoms with E-state index < -0.39 is 0 Å². The molecule has 0 radical (unpaired) electrons. The highest BCUT2D eigenvalue weighted by atomic mass is 79.9. The van der Waals surface area contributed by atoms with Gasteiger partial charge in [-0.25, -0.2) is 0 Å². The van der Waals surface area contributed by atoms with Crippen LogP contribution in [0.15, 0.2) is 51.7 Å². The van der Waals surface area contributed by atoms with E-state index in [4.69, 9.17) is 4.74 Å². The summed E-state index contributed by atoms with van der Waals surface area (Å²) in [6.45, 7) is 2.61. The van der Waals surface area contributed by atoms with Gasteiger partial charge in [0, 0.05) is 22.1 Å².